The Morgan fingerprint density at radius 3 is 2.79 bits per heavy atom. The first kappa shape index (κ1) is 16.4. The molecule has 1 aliphatic heterocycles. The van der Waals surface area contributed by atoms with Crippen LogP contribution in [0.3, 0.4) is 0 Å². The molecule has 0 bridgehead atoms. The van der Waals surface area contributed by atoms with Crippen LogP contribution in [0, 0.1) is 5.82 Å². The number of ether oxygens (including phenoxy) is 1. The average Bonchev–Trinajstić information content (AvgIpc) is 2.92. The number of hydrogen-bond acceptors (Lipinski definition) is 4. The highest BCUT2D eigenvalue weighted by molar-refractivity contribution is 7.89. The molecule has 0 spiro atoms. The molecule has 2 aromatic rings. The molecule has 24 heavy (non-hydrogen) atoms. The molecule has 3 rings (SSSR count). The second-order valence-electron chi connectivity index (χ2n) is 5.76. The number of sulfone groups is 1. The van der Waals surface area contributed by atoms with E-state index >= 15 is 0 Å². The number of anilines is 1. The minimum absolute atomic E-state index is 0.216. The summed E-state index contributed by atoms with van der Waals surface area (Å²) in [5, 5.41) is 2.69. The Balaban J connectivity index is 1.85. The zero-order valence-corrected chi connectivity index (χ0v) is 13.8. The van der Waals surface area contributed by atoms with Gasteiger partial charge in [-0.15, -0.1) is 0 Å². The third kappa shape index (κ3) is 3.56. The molecule has 7 heteroatoms. The Morgan fingerprint density at radius 2 is 2.04 bits per heavy atom. The predicted molar refractivity (Wildman–Crippen MR) is 88.3 cm³/mol. The number of rotatable bonds is 4. The zero-order chi connectivity index (χ0) is 17.3. The summed E-state index contributed by atoms with van der Waals surface area (Å²) in [4.78, 5) is 12.5. The van der Waals surface area contributed by atoms with Gasteiger partial charge in [-0.25, -0.2) is 12.8 Å². The summed E-state index contributed by atoms with van der Waals surface area (Å²) >= 11 is 0. The van der Waals surface area contributed by atoms with E-state index < -0.39 is 21.6 Å². The molecule has 0 saturated carbocycles. The Kier molecular flexibility index (Phi) is 4.28. The number of benzene rings is 2. The monoisotopic (exact) mass is 349 g/mol. The fraction of sp³-hybridized carbons (Fsp3) is 0.235. The number of carbonyl (C=O) groups excluding carboxylic acids is 1. The number of fused-ring (bicyclic) bond motifs is 1. The molecule has 2 aromatic carbocycles. The highest BCUT2D eigenvalue weighted by Gasteiger charge is 2.30. The maximum Gasteiger partial charge on any atom is 0.235 e. The molecule has 0 fully saturated rings. The van der Waals surface area contributed by atoms with Crippen LogP contribution in [-0.2, 0) is 20.4 Å². The summed E-state index contributed by atoms with van der Waals surface area (Å²) in [6.07, 6.45) is 1.06. The van der Waals surface area contributed by atoms with Crippen LogP contribution in [0.1, 0.15) is 17.0 Å². The first-order valence-corrected chi connectivity index (χ1v) is 9.38. The van der Waals surface area contributed by atoms with E-state index in [1.54, 1.807) is 6.07 Å². The number of halogens is 1. The fourth-order valence-corrected chi connectivity index (χ4v) is 3.49. The summed E-state index contributed by atoms with van der Waals surface area (Å²) in [6, 6.07) is 10.9. The van der Waals surface area contributed by atoms with E-state index in [0.717, 1.165) is 17.9 Å². The summed E-state index contributed by atoms with van der Waals surface area (Å²) in [5.74, 6) is -1.05. The Labute approximate surface area is 139 Å². The second kappa shape index (κ2) is 6.24. The van der Waals surface area contributed by atoms with Gasteiger partial charge in [-0.1, -0.05) is 18.2 Å². The van der Waals surface area contributed by atoms with Gasteiger partial charge >= 0.3 is 0 Å². The van der Waals surface area contributed by atoms with Gasteiger partial charge in [-0.3, -0.25) is 4.79 Å². The van der Waals surface area contributed by atoms with Crippen molar-refractivity contribution in [2.75, 3.05) is 18.2 Å². The van der Waals surface area contributed by atoms with Crippen molar-refractivity contribution in [3.8, 4) is 5.75 Å². The van der Waals surface area contributed by atoms with Gasteiger partial charge in [0.1, 0.15) is 24.1 Å². The lowest BCUT2D eigenvalue weighted by molar-refractivity contribution is -0.117. The lowest BCUT2D eigenvalue weighted by Gasteiger charge is -2.14. The Bertz CT molecular complexity index is 895. The molecule has 1 amide bonds. The lowest BCUT2D eigenvalue weighted by Crippen LogP contribution is -2.23. The molecule has 1 aliphatic rings. The number of amides is 1. The Morgan fingerprint density at radius 1 is 1.29 bits per heavy atom. The van der Waals surface area contributed by atoms with Crippen LogP contribution in [0.15, 0.2) is 42.5 Å². The van der Waals surface area contributed by atoms with E-state index in [2.05, 4.69) is 5.32 Å². The molecular formula is C17H16FNO4S. The van der Waals surface area contributed by atoms with E-state index in [1.807, 2.05) is 18.2 Å². The van der Waals surface area contributed by atoms with Crippen molar-refractivity contribution < 1.29 is 22.3 Å². The van der Waals surface area contributed by atoms with Crippen LogP contribution >= 0.6 is 0 Å². The topological polar surface area (TPSA) is 72.5 Å². The van der Waals surface area contributed by atoms with E-state index in [-0.39, 0.29) is 29.5 Å². The quantitative estimate of drug-likeness (QED) is 0.920. The van der Waals surface area contributed by atoms with Crippen molar-refractivity contribution in [3.63, 3.8) is 0 Å². The van der Waals surface area contributed by atoms with Crippen LogP contribution in [-0.4, -0.2) is 27.2 Å². The third-order valence-electron chi connectivity index (χ3n) is 3.76. The van der Waals surface area contributed by atoms with E-state index in [4.69, 9.17) is 4.74 Å². The second-order valence-corrected chi connectivity index (χ2v) is 7.90. The molecule has 0 unspecified atom stereocenters. The van der Waals surface area contributed by atoms with Crippen LogP contribution in [0.2, 0.25) is 0 Å². The molecule has 1 atom stereocenters. The maximum absolute atomic E-state index is 13.4. The maximum atomic E-state index is 13.4. The SMILES string of the molecule is CS(=O)(=O)Cc1cc(F)ccc1NC(=O)[C@H]1COc2ccccc21. The average molecular weight is 349 g/mol. The van der Waals surface area contributed by atoms with Crippen LogP contribution < -0.4 is 10.1 Å². The van der Waals surface area contributed by atoms with Crippen LogP contribution in [0.4, 0.5) is 10.1 Å². The first-order valence-electron chi connectivity index (χ1n) is 7.32. The van der Waals surface area contributed by atoms with E-state index in [1.165, 1.54) is 12.1 Å². The smallest absolute Gasteiger partial charge is 0.235 e. The van der Waals surface area contributed by atoms with Crippen molar-refractivity contribution >= 4 is 21.4 Å². The van der Waals surface area contributed by atoms with Crippen molar-refractivity contribution in [1.29, 1.82) is 0 Å². The van der Waals surface area contributed by atoms with Crippen LogP contribution in [0.25, 0.3) is 0 Å². The standard InChI is InChI=1S/C17H16FNO4S/c1-24(21,22)10-11-8-12(18)6-7-15(11)19-17(20)14-9-23-16-5-3-2-4-13(14)16/h2-8,14H,9-10H2,1H3,(H,19,20)/t14-/m0/s1. The largest absolute Gasteiger partial charge is 0.492 e. The van der Waals surface area contributed by atoms with Gasteiger partial charge in [0.2, 0.25) is 5.91 Å². The lowest BCUT2D eigenvalue weighted by atomic mass is 10.0. The van der Waals surface area contributed by atoms with Gasteiger partial charge in [-0.2, -0.15) is 0 Å². The summed E-state index contributed by atoms with van der Waals surface area (Å²) in [5.41, 5.74) is 1.29. The first-order chi connectivity index (χ1) is 11.3. The highest BCUT2D eigenvalue weighted by atomic mass is 32.2. The summed E-state index contributed by atoms with van der Waals surface area (Å²) < 4.78 is 41.9. The number of para-hydroxylation sites is 1. The van der Waals surface area contributed by atoms with Crippen molar-refractivity contribution in [2.45, 2.75) is 11.7 Å². The van der Waals surface area contributed by atoms with Gasteiger partial charge < -0.3 is 10.1 Å². The minimum Gasteiger partial charge on any atom is -0.492 e. The third-order valence-corrected chi connectivity index (χ3v) is 4.59. The number of carbonyl (C=O) groups is 1. The summed E-state index contributed by atoms with van der Waals surface area (Å²) in [6.45, 7) is 0.216. The molecule has 5 nitrogen and oxygen atoms in total. The molecule has 126 valence electrons. The molecule has 0 aliphatic carbocycles. The van der Waals surface area contributed by atoms with Gasteiger partial charge in [0, 0.05) is 17.5 Å². The van der Waals surface area contributed by atoms with Gasteiger partial charge in [0.25, 0.3) is 0 Å². The molecular weight excluding hydrogens is 333 g/mol. The molecule has 1 heterocycles. The van der Waals surface area contributed by atoms with Crippen molar-refractivity contribution in [1.82, 2.24) is 0 Å². The van der Waals surface area contributed by atoms with Gasteiger partial charge in [0.15, 0.2) is 9.84 Å². The zero-order valence-electron chi connectivity index (χ0n) is 13.0. The van der Waals surface area contributed by atoms with Crippen LogP contribution in [0.5, 0.6) is 5.75 Å². The predicted octanol–water partition coefficient (Wildman–Crippen LogP) is 2.49. The van der Waals surface area contributed by atoms with Crippen molar-refractivity contribution in [3.05, 3.63) is 59.4 Å². The van der Waals surface area contributed by atoms with Crippen molar-refractivity contribution in [2.24, 2.45) is 0 Å². The summed E-state index contributed by atoms with van der Waals surface area (Å²) in [7, 11) is -3.36. The van der Waals surface area contributed by atoms with Gasteiger partial charge in [-0.05, 0) is 29.8 Å². The normalized spacial score (nSPS) is 16.3. The number of hydrogen-bond donors (Lipinski definition) is 1. The molecule has 0 aromatic heterocycles. The molecule has 0 radical (unpaired) electrons. The highest BCUT2D eigenvalue weighted by Crippen LogP contribution is 2.34. The minimum atomic E-state index is -3.36. The fourth-order valence-electron chi connectivity index (χ4n) is 2.69. The number of nitrogens with one attached hydrogen (secondary N) is 1. The van der Waals surface area contributed by atoms with E-state index in [9.17, 15) is 17.6 Å². The molecule has 0 saturated heterocycles. The van der Waals surface area contributed by atoms with E-state index in [0.29, 0.717) is 5.75 Å². The van der Waals surface area contributed by atoms with Gasteiger partial charge in [0.05, 0.1) is 5.75 Å². The Hall–Kier alpha value is -2.41. The molecule has 1 N–H and O–H groups in total.